The van der Waals surface area contributed by atoms with Crippen molar-refractivity contribution in [3.8, 4) is 0 Å². The second kappa shape index (κ2) is 11.1. The van der Waals surface area contributed by atoms with Crippen LogP contribution in [0, 0.1) is 5.82 Å². The highest BCUT2D eigenvalue weighted by molar-refractivity contribution is 6.04. The molecule has 2 aromatic carbocycles. The number of anilines is 2. The van der Waals surface area contributed by atoms with Crippen molar-refractivity contribution < 1.29 is 18.7 Å². The monoisotopic (exact) mass is 462 g/mol. The zero-order chi connectivity index (χ0) is 24.6. The summed E-state index contributed by atoms with van der Waals surface area (Å²) in [6.07, 6.45) is 9.66. The van der Waals surface area contributed by atoms with Crippen molar-refractivity contribution >= 4 is 35.5 Å². The molecule has 0 bridgehead atoms. The van der Waals surface area contributed by atoms with Gasteiger partial charge in [-0.15, -0.1) is 0 Å². The van der Waals surface area contributed by atoms with Gasteiger partial charge in [0.25, 0.3) is 0 Å². The maximum atomic E-state index is 13.7. The van der Waals surface area contributed by atoms with Gasteiger partial charge in [-0.3, -0.25) is 14.8 Å². The molecule has 1 aromatic heterocycles. The number of carbonyl (C=O) groups is 2. The summed E-state index contributed by atoms with van der Waals surface area (Å²) in [5, 5.41) is 9.37. The van der Waals surface area contributed by atoms with Crippen molar-refractivity contribution in [3.63, 3.8) is 0 Å². The summed E-state index contributed by atoms with van der Waals surface area (Å²) < 4.78 is 20.6. The Hall–Kier alpha value is -4.20. The lowest BCUT2D eigenvalue weighted by atomic mass is 10.2. The molecular formula is C26H27FN4O3. The van der Waals surface area contributed by atoms with Crippen LogP contribution < -0.4 is 10.6 Å². The van der Waals surface area contributed by atoms with Gasteiger partial charge in [0.1, 0.15) is 11.4 Å². The zero-order valence-electron chi connectivity index (χ0n) is 19.3. The predicted molar refractivity (Wildman–Crippen MR) is 132 cm³/mol. The van der Waals surface area contributed by atoms with Gasteiger partial charge in [-0.2, -0.15) is 5.10 Å². The van der Waals surface area contributed by atoms with Crippen molar-refractivity contribution in [1.29, 1.82) is 0 Å². The molecule has 3 aromatic rings. The highest BCUT2D eigenvalue weighted by Crippen LogP contribution is 2.24. The lowest BCUT2D eigenvalue weighted by Crippen LogP contribution is -2.27. The quantitative estimate of drug-likeness (QED) is 0.439. The van der Waals surface area contributed by atoms with Gasteiger partial charge in [-0.25, -0.2) is 9.18 Å². The number of ether oxygens (including phenoxy) is 1. The minimum Gasteiger partial charge on any atom is -0.444 e. The van der Waals surface area contributed by atoms with Crippen LogP contribution in [0.2, 0.25) is 0 Å². The fourth-order valence-electron chi connectivity index (χ4n) is 2.92. The third-order valence-electron chi connectivity index (χ3n) is 4.36. The number of nitrogens with zero attached hydrogens (tertiary/aromatic N) is 2. The molecule has 0 aliphatic rings. The van der Waals surface area contributed by atoms with Crippen LogP contribution in [0.5, 0.6) is 0 Å². The largest absolute Gasteiger partial charge is 0.444 e. The van der Waals surface area contributed by atoms with E-state index < -0.39 is 23.4 Å². The smallest absolute Gasteiger partial charge is 0.412 e. The normalized spacial score (nSPS) is 11.6. The van der Waals surface area contributed by atoms with Gasteiger partial charge >= 0.3 is 6.09 Å². The number of amides is 2. The minimum absolute atomic E-state index is 0.0917. The van der Waals surface area contributed by atoms with E-state index in [2.05, 4.69) is 15.7 Å². The summed E-state index contributed by atoms with van der Waals surface area (Å²) in [5.74, 6) is -1.01. The molecule has 2 amide bonds. The van der Waals surface area contributed by atoms with Crippen LogP contribution in [0.3, 0.4) is 0 Å². The molecule has 0 unspecified atom stereocenters. The lowest BCUT2D eigenvalue weighted by molar-refractivity contribution is -0.111. The van der Waals surface area contributed by atoms with Gasteiger partial charge in [0.2, 0.25) is 5.91 Å². The Morgan fingerprint density at radius 1 is 1.03 bits per heavy atom. The number of aromatic nitrogens is 2. The number of nitrogens with one attached hydrogen (secondary N) is 2. The van der Waals surface area contributed by atoms with Crippen LogP contribution in [-0.2, 0) is 16.1 Å². The molecule has 3 rings (SSSR count). The first-order valence-electron chi connectivity index (χ1n) is 10.7. The third-order valence-corrected chi connectivity index (χ3v) is 4.36. The summed E-state index contributed by atoms with van der Waals surface area (Å²) in [6.45, 7) is 5.73. The number of hydrogen-bond acceptors (Lipinski definition) is 4. The lowest BCUT2D eigenvalue weighted by Gasteiger charge is -2.20. The Balaban J connectivity index is 1.59. The SMILES string of the molecule is CC(C)(C)OC(=O)Nc1cc(F)ccc1NC(=O)/C=C/c1cnn(CC=Cc2ccccc2)c1. The van der Waals surface area contributed by atoms with E-state index in [-0.39, 0.29) is 11.4 Å². The fourth-order valence-corrected chi connectivity index (χ4v) is 2.92. The maximum absolute atomic E-state index is 13.7. The van der Waals surface area contributed by atoms with E-state index in [9.17, 15) is 14.0 Å². The molecule has 0 saturated carbocycles. The van der Waals surface area contributed by atoms with Crippen molar-refractivity contribution in [2.75, 3.05) is 10.6 Å². The molecule has 0 radical (unpaired) electrons. The molecule has 0 saturated heterocycles. The number of benzene rings is 2. The van der Waals surface area contributed by atoms with E-state index in [0.717, 1.165) is 17.2 Å². The Morgan fingerprint density at radius 3 is 2.53 bits per heavy atom. The van der Waals surface area contributed by atoms with Gasteiger partial charge in [0, 0.05) is 17.8 Å². The number of hydrogen-bond donors (Lipinski definition) is 2. The van der Waals surface area contributed by atoms with E-state index >= 15 is 0 Å². The predicted octanol–water partition coefficient (Wildman–Crippen LogP) is 5.73. The van der Waals surface area contributed by atoms with E-state index in [0.29, 0.717) is 6.54 Å². The maximum Gasteiger partial charge on any atom is 0.412 e. The Kier molecular flexibility index (Phi) is 7.97. The van der Waals surface area contributed by atoms with E-state index in [1.165, 1.54) is 18.2 Å². The van der Waals surface area contributed by atoms with Crippen molar-refractivity contribution in [2.24, 2.45) is 0 Å². The average molecular weight is 463 g/mol. The van der Waals surface area contributed by atoms with Crippen molar-refractivity contribution in [3.05, 3.63) is 90.0 Å². The first-order chi connectivity index (χ1) is 16.2. The van der Waals surface area contributed by atoms with Crippen LogP contribution in [0.4, 0.5) is 20.6 Å². The molecule has 7 nitrogen and oxygen atoms in total. The Bertz CT molecular complexity index is 1190. The molecule has 2 N–H and O–H groups in total. The number of carbonyl (C=O) groups excluding carboxylic acids is 2. The Labute approximate surface area is 197 Å². The molecule has 0 fully saturated rings. The van der Waals surface area contributed by atoms with Crippen molar-refractivity contribution in [1.82, 2.24) is 9.78 Å². The first kappa shape index (κ1) is 24.4. The van der Waals surface area contributed by atoms with Crippen molar-refractivity contribution in [2.45, 2.75) is 32.9 Å². The standard InChI is InChI=1S/C26H27FN4O3/c1-26(2,3)34-25(33)30-23-16-21(27)12-13-22(23)29-24(32)14-11-20-17-28-31(18-20)15-7-10-19-8-5-4-6-9-19/h4-14,16-18H,15H2,1-3H3,(H,29,32)(H,30,33)/b10-7?,14-11+. The summed E-state index contributed by atoms with van der Waals surface area (Å²) in [7, 11) is 0. The molecule has 0 atom stereocenters. The molecule has 0 aliphatic carbocycles. The van der Waals surface area contributed by atoms with Crippen LogP contribution >= 0.6 is 0 Å². The van der Waals surface area contributed by atoms with E-state index in [1.807, 2.05) is 48.7 Å². The number of rotatable bonds is 7. The Morgan fingerprint density at radius 2 is 1.79 bits per heavy atom. The molecule has 8 heteroatoms. The molecule has 0 spiro atoms. The van der Waals surface area contributed by atoms with Crippen LogP contribution in [0.1, 0.15) is 31.9 Å². The van der Waals surface area contributed by atoms with Crippen LogP contribution in [0.15, 0.2) is 73.1 Å². The highest BCUT2D eigenvalue weighted by atomic mass is 19.1. The van der Waals surface area contributed by atoms with Gasteiger partial charge in [0.15, 0.2) is 0 Å². The zero-order valence-corrected chi connectivity index (χ0v) is 19.3. The molecule has 176 valence electrons. The molecule has 1 heterocycles. The number of halogens is 1. The summed E-state index contributed by atoms with van der Waals surface area (Å²) in [6, 6.07) is 13.6. The minimum atomic E-state index is -0.752. The van der Waals surface area contributed by atoms with Gasteiger partial charge in [0.05, 0.1) is 24.1 Å². The summed E-state index contributed by atoms with van der Waals surface area (Å²) >= 11 is 0. The van der Waals surface area contributed by atoms with E-state index in [1.54, 1.807) is 37.7 Å². The topological polar surface area (TPSA) is 85.2 Å². The van der Waals surface area contributed by atoms with Crippen LogP contribution in [-0.4, -0.2) is 27.4 Å². The molecule has 0 aliphatic heterocycles. The average Bonchev–Trinajstić information content (AvgIpc) is 3.21. The van der Waals surface area contributed by atoms with Crippen LogP contribution in [0.25, 0.3) is 12.2 Å². The van der Waals surface area contributed by atoms with Gasteiger partial charge in [-0.05, 0) is 50.6 Å². The number of allylic oxidation sites excluding steroid dienone is 1. The summed E-state index contributed by atoms with van der Waals surface area (Å²) in [4.78, 5) is 24.4. The fraction of sp³-hybridized carbons (Fsp3) is 0.192. The second-order valence-corrected chi connectivity index (χ2v) is 8.45. The van der Waals surface area contributed by atoms with Gasteiger partial charge < -0.3 is 10.1 Å². The van der Waals surface area contributed by atoms with Gasteiger partial charge in [-0.1, -0.05) is 42.5 Å². The third kappa shape index (κ3) is 8.05. The second-order valence-electron chi connectivity index (χ2n) is 8.45. The first-order valence-corrected chi connectivity index (χ1v) is 10.7. The summed E-state index contributed by atoms with van der Waals surface area (Å²) in [5.41, 5.74) is 1.46. The molecular weight excluding hydrogens is 435 g/mol. The van der Waals surface area contributed by atoms with E-state index in [4.69, 9.17) is 4.74 Å². The highest BCUT2D eigenvalue weighted by Gasteiger charge is 2.18. The molecule has 34 heavy (non-hydrogen) atoms.